The number of carbonyl (C=O) groups excluding carboxylic acids is 2. The maximum absolute atomic E-state index is 12.0. The molecule has 1 spiro atoms. The Kier molecular flexibility index (Phi) is 3.63. The van der Waals surface area contributed by atoms with Crippen LogP contribution in [0.1, 0.15) is 53.4 Å². The van der Waals surface area contributed by atoms with Gasteiger partial charge < -0.3 is 9.64 Å². The second-order valence-electron chi connectivity index (χ2n) is 7.37. The number of ether oxygens (including phenoxy) is 1. The van der Waals surface area contributed by atoms with Gasteiger partial charge in [-0.25, -0.2) is 4.79 Å². The Bertz CT molecular complexity index is 385. The number of Topliss-reactive ketones (excluding diaryl/α,β-unsaturated/α-hetero) is 1. The zero-order valence-electron chi connectivity index (χ0n) is 12.5. The van der Waals surface area contributed by atoms with E-state index in [4.69, 9.17) is 4.74 Å². The highest BCUT2D eigenvalue weighted by molar-refractivity contribution is 5.79. The smallest absolute Gasteiger partial charge is 0.410 e. The first-order valence-corrected chi connectivity index (χ1v) is 7.19. The lowest BCUT2D eigenvalue weighted by atomic mass is 9.76. The summed E-state index contributed by atoms with van der Waals surface area (Å²) < 4.78 is 5.66. The quantitative estimate of drug-likeness (QED) is 0.772. The topological polar surface area (TPSA) is 46.6 Å². The number of amides is 1. The number of nitrogens with zero attached hydrogens (tertiary/aromatic N) is 1. The number of ketones is 1. The number of rotatable bonds is 2. The van der Waals surface area contributed by atoms with Crippen LogP contribution in [0.15, 0.2) is 0 Å². The molecule has 0 bridgehead atoms. The summed E-state index contributed by atoms with van der Waals surface area (Å²) in [7, 11) is 0. The third kappa shape index (κ3) is 3.28. The van der Waals surface area contributed by atoms with Crippen molar-refractivity contribution in [2.75, 3.05) is 13.1 Å². The fourth-order valence-electron chi connectivity index (χ4n) is 3.29. The van der Waals surface area contributed by atoms with Gasteiger partial charge in [-0.2, -0.15) is 0 Å². The summed E-state index contributed by atoms with van der Waals surface area (Å²) in [6, 6.07) is 0. The van der Waals surface area contributed by atoms with Gasteiger partial charge in [-0.15, -0.1) is 0 Å². The summed E-state index contributed by atoms with van der Waals surface area (Å²) in [5.74, 6) is 0.292. The first kappa shape index (κ1) is 14.4. The van der Waals surface area contributed by atoms with Gasteiger partial charge in [-0.05, 0) is 38.0 Å². The molecule has 0 radical (unpaired) electrons. The van der Waals surface area contributed by atoms with Crippen LogP contribution in [-0.4, -0.2) is 35.5 Å². The van der Waals surface area contributed by atoms with E-state index in [-0.39, 0.29) is 23.2 Å². The Labute approximate surface area is 115 Å². The van der Waals surface area contributed by atoms with E-state index in [2.05, 4.69) is 20.8 Å². The largest absolute Gasteiger partial charge is 0.441 e. The van der Waals surface area contributed by atoms with Crippen molar-refractivity contribution < 1.29 is 14.3 Å². The molecule has 2 aliphatic rings. The predicted octanol–water partition coefficient (Wildman–Crippen LogP) is 3.00. The number of hydrogen-bond donors (Lipinski definition) is 0. The van der Waals surface area contributed by atoms with Crippen LogP contribution in [0.5, 0.6) is 0 Å². The van der Waals surface area contributed by atoms with E-state index in [0.717, 1.165) is 19.3 Å². The monoisotopic (exact) mass is 267 g/mol. The molecule has 1 saturated carbocycles. The molecule has 2 fully saturated rings. The average molecular weight is 267 g/mol. The van der Waals surface area contributed by atoms with Gasteiger partial charge in [0.25, 0.3) is 0 Å². The fraction of sp³-hybridized carbons (Fsp3) is 0.867. The maximum Gasteiger partial charge on any atom is 0.410 e. The van der Waals surface area contributed by atoms with Crippen molar-refractivity contribution in [3.63, 3.8) is 0 Å². The van der Waals surface area contributed by atoms with Crippen molar-refractivity contribution in [3.8, 4) is 0 Å². The Hall–Kier alpha value is -1.06. The maximum atomic E-state index is 12.0. The first-order valence-electron chi connectivity index (χ1n) is 7.19. The molecule has 1 aliphatic carbocycles. The minimum absolute atomic E-state index is 0.0659. The van der Waals surface area contributed by atoms with Crippen LogP contribution in [0.3, 0.4) is 0 Å². The third-order valence-corrected chi connectivity index (χ3v) is 4.08. The number of hydrogen-bond acceptors (Lipinski definition) is 3. The van der Waals surface area contributed by atoms with Gasteiger partial charge in [0.05, 0.1) is 6.54 Å². The second kappa shape index (κ2) is 4.80. The average Bonchev–Trinajstić information content (AvgIpc) is 2.52. The van der Waals surface area contributed by atoms with Gasteiger partial charge in [-0.3, -0.25) is 4.79 Å². The molecule has 4 heteroatoms. The predicted molar refractivity (Wildman–Crippen MR) is 72.9 cm³/mol. The summed E-state index contributed by atoms with van der Waals surface area (Å²) in [4.78, 5) is 25.4. The fourth-order valence-corrected chi connectivity index (χ4v) is 3.29. The van der Waals surface area contributed by atoms with E-state index < -0.39 is 5.60 Å². The molecule has 2 atom stereocenters. The first-order chi connectivity index (χ1) is 8.71. The third-order valence-electron chi connectivity index (χ3n) is 4.08. The van der Waals surface area contributed by atoms with Crippen molar-refractivity contribution in [2.45, 2.75) is 59.0 Å². The van der Waals surface area contributed by atoms with Crippen LogP contribution in [0.4, 0.5) is 4.79 Å². The van der Waals surface area contributed by atoms with E-state index in [1.807, 2.05) is 4.90 Å². The standard InChI is InChI=1S/C15H25NO3/c1-11(17)12-6-5-7-15(8-12)10-16(13(18)19-15)9-14(2,3)4/h12H,5-10H2,1-4H3/t12-,15-/m0/s1. The molecule has 0 N–H and O–H groups in total. The highest BCUT2D eigenvalue weighted by atomic mass is 16.6. The molecule has 1 saturated heterocycles. The Morgan fingerprint density at radius 1 is 1.47 bits per heavy atom. The van der Waals surface area contributed by atoms with Gasteiger partial charge in [0.2, 0.25) is 0 Å². The summed E-state index contributed by atoms with van der Waals surface area (Å²) in [5.41, 5.74) is -0.337. The molecule has 2 rings (SSSR count). The van der Waals surface area contributed by atoms with Crippen LogP contribution in [0, 0.1) is 11.3 Å². The molecule has 0 aromatic rings. The molecule has 1 heterocycles. The Balaban J connectivity index is 2.06. The summed E-state index contributed by atoms with van der Waals surface area (Å²) in [6.07, 6.45) is 3.30. The van der Waals surface area contributed by atoms with Crippen molar-refractivity contribution >= 4 is 11.9 Å². The van der Waals surface area contributed by atoms with Gasteiger partial charge in [0.15, 0.2) is 0 Å². The molecule has 0 aromatic carbocycles. The van der Waals surface area contributed by atoms with Gasteiger partial charge in [0.1, 0.15) is 11.4 Å². The molecule has 0 unspecified atom stereocenters. The lowest BCUT2D eigenvalue weighted by molar-refractivity contribution is -0.124. The van der Waals surface area contributed by atoms with Crippen LogP contribution >= 0.6 is 0 Å². The molecule has 1 amide bonds. The van der Waals surface area contributed by atoms with Gasteiger partial charge in [-0.1, -0.05) is 20.8 Å². The van der Waals surface area contributed by atoms with E-state index >= 15 is 0 Å². The second-order valence-corrected chi connectivity index (χ2v) is 7.37. The molecule has 4 nitrogen and oxygen atoms in total. The van der Waals surface area contributed by atoms with Gasteiger partial charge >= 0.3 is 6.09 Å². The van der Waals surface area contributed by atoms with E-state index in [9.17, 15) is 9.59 Å². The van der Waals surface area contributed by atoms with Gasteiger partial charge in [0, 0.05) is 12.5 Å². The lowest BCUT2D eigenvalue weighted by Crippen LogP contribution is -2.42. The van der Waals surface area contributed by atoms with E-state index in [0.29, 0.717) is 19.5 Å². The van der Waals surface area contributed by atoms with Crippen LogP contribution in [0.2, 0.25) is 0 Å². The molecule has 19 heavy (non-hydrogen) atoms. The van der Waals surface area contributed by atoms with Crippen molar-refractivity contribution in [2.24, 2.45) is 11.3 Å². The highest BCUT2D eigenvalue weighted by Crippen LogP contribution is 2.40. The van der Waals surface area contributed by atoms with E-state index in [1.165, 1.54) is 0 Å². The highest BCUT2D eigenvalue weighted by Gasteiger charge is 2.49. The zero-order valence-corrected chi connectivity index (χ0v) is 12.5. The normalized spacial score (nSPS) is 31.7. The SMILES string of the molecule is CC(=O)[C@H]1CCC[C@]2(C1)CN(CC(C)(C)C)C(=O)O2. The molecule has 1 aliphatic heterocycles. The minimum Gasteiger partial charge on any atom is -0.441 e. The zero-order chi connectivity index (χ0) is 14.3. The lowest BCUT2D eigenvalue weighted by Gasteiger charge is -2.35. The van der Waals surface area contributed by atoms with Crippen molar-refractivity contribution in [3.05, 3.63) is 0 Å². The summed E-state index contributed by atoms with van der Waals surface area (Å²) >= 11 is 0. The van der Waals surface area contributed by atoms with Crippen LogP contribution in [-0.2, 0) is 9.53 Å². The molecule has 0 aromatic heterocycles. The summed E-state index contributed by atoms with van der Waals surface area (Å²) in [5, 5.41) is 0. The number of carbonyl (C=O) groups is 2. The Morgan fingerprint density at radius 3 is 2.74 bits per heavy atom. The van der Waals surface area contributed by atoms with Crippen LogP contribution in [0.25, 0.3) is 0 Å². The van der Waals surface area contributed by atoms with Crippen molar-refractivity contribution in [1.82, 2.24) is 4.90 Å². The summed E-state index contributed by atoms with van der Waals surface area (Å²) in [6.45, 7) is 9.35. The van der Waals surface area contributed by atoms with Crippen LogP contribution < -0.4 is 0 Å². The molecular formula is C15H25NO3. The minimum atomic E-state index is -0.406. The Morgan fingerprint density at radius 2 is 2.16 bits per heavy atom. The van der Waals surface area contributed by atoms with Crippen molar-refractivity contribution in [1.29, 1.82) is 0 Å². The molecule has 108 valence electrons. The van der Waals surface area contributed by atoms with E-state index in [1.54, 1.807) is 6.92 Å². The molecular weight excluding hydrogens is 242 g/mol.